The van der Waals surface area contributed by atoms with E-state index >= 15 is 0 Å². The lowest BCUT2D eigenvalue weighted by atomic mass is 10.3. The molecule has 0 bridgehead atoms. The molecule has 0 radical (unpaired) electrons. The van der Waals surface area contributed by atoms with Crippen LogP contribution in [0.2, 0.25) is 0 Å². The first-order valence-electron chi connectivity index (χ1n) is 4.39. The molecule has 0 aromatic rings. The molecule has 0 aliphatic carbocycles. The molecule has 0 heterocycles. The Morgan fingerprint density at radius 3 is 2.19 bits per heavy atom. The van der Waals surface area contributed by atoms with Crippen molar-refractivity contribution in [2.75, 3.05) is 11.5 Å². The molecule has 0 aliphatic heterocycles. The van der Waals surface area contributed by atoms with Crippen LogP contribution in [0.15, 0.2) is 0 Å². The van der Waals surface area contributed by atoms with Crippen molar-refractivity contribution in [2.24, 2.45) is 11.5 Å². The monoisotopic (exact) mass is 266 g/mol. The van der Waals surface area contributed by atoms with Crippen LogP contribution in [0.5, 0.6) is 0 Å². The van der Waals surface area contributed by atoms with Crippen LogP contribution in [-0.2, 0) is 19.1 Å². The van der Waals surface area contributed by atoms with Gasteiger partial charge in [0.1, 0.15) is 12.1 Å². The number of carbonyl (C=O) groups excluding carboxylic acids is 3. The summed E-state index contributed by atoms with van der Waals surface area (Å²) in [6, 6.07) is -1.98. The van der Waals surface area contributed by atoms with Crippen molar-refractivity contribution < 1.29 is 19.1 Å². The van der Waals surface area contributed by atoms with E-state index < -0.39 is 24.0 Å². The van der Waals surface area contributed by atoms with E-state index in [2.05, 4.69) is 17.4 Å². The summed E-state index contributed by atoms with van der Waals surface area (Å²) < 4.78 is 4.40. The van der Waals surface area contributed by atoms with Gasteiger partial charge in [-0.3, -0.25) is 4.79 Å². The Morgan fingerprint density at radius 1 is 1.25 bits per heavy atom. The maximum atomic E-state index is 11.2. The van der Waals surface area contributed by atoms with Crippen LogP contribution in [0.3, 0.4) is 0 Å². The van der Waals surface area contributed by atoms with E-state index in [1.54, 1.807) is 0 Å². The fraction of sp³-hybridized carbons (Fsp3) is 0.625. The summed E-state index contributed by atoms with van der Waals surface area (Å²) in [7, 11) is 0. The molecule has 0 saturated carbocycles. The zero-order chi connectivity index (χ0) is 12.7. The molecule has 92 valence electrons. The summed E-state index contributed by atoms with van der Waals surface area (Å²) in [6.07, 6.45) is 0. The number of nitrogens with two attached hydrogens (primary N) is 2. The van der Waals surface area contributed by atoms with Gasteiger partial charge in [0.25, 0.3) is 0 Å². The minimum atomic E-state index is -1.02. The van der Waals surface area contributed by atoms with Crippen molar-refractivity contribution >= 4 is 41.4 Å². The average molecular weight is 266 g/mol. The molecule has 6 nitrogen and oxygen atoms in total. The first kappa shape index (κ1) is 15.4. The van der Waals surface area contributed by atoms with Crippen molar-refractivity contribution in [3.63, 3.8) is 0 Å². The van der Waals surface area contributed by atoms with Gasteiger partial charge in [0.15, 0.2) is 5.12 Å². The van der Waals surface area contributed by atoms with Crippen molar-refractivity contribution in [2.45, 2.75) is 19.0 Å². The number of carbonyl (C=O) groups is 3. The predicted molar refractivity (Wildman–Crippen MR) is 64.0 cm³/mol. The normalized spacial score (nSPS) is 14.0. The molecule has 2 atom stereocenters. The van der Waals surface area contributed by atoms with E-state index in [-0.39, 0.29) is 16.6 Å². The molecular formula is C8H14N2O4S2. The van der Waals surface area contributed by atoms with E-state index in [4.69, 9.17) is 11.5 Å². The van der Waals surface area contributed by atoms with Gasteiger partial charge in [0.05, 0.1) is 0 Å². The molecule has 16 heavy (non-hydrogen) atoms. The fourth-order valence-electron chi connectivity index (χ4n) is 0.600. The highest BCUT2D eigenvalue weighted by Crippen LogP contribution is 2.04. The third-order valence-electron chi connectivity index (χ3n) is 1.47. The molecular weight excluding hydrogens is 252 g/mol. The Kier molecular flexibility index (Phi) is 7.39. The van der Waals surface area contributed by atoms with Crippen LogP contribution in [0.1, 0.15) is 6.92 Å². The van der Waals surface area contributed by atoms with E-state index in [9.17, 15) is 14.4 Å². The van der Waals surface area contributed by atoms with Crippen molar-refractivity contribution in [1.82, 2.24) is 0 Å². The lowest BCUT2D eigenvalue weighted by molar-refractivity contribution is -0.160. The second-order valence-electron chi connectivity index (χ2n) is 2.94. The molecule has 0 amide bonds. The van der Waals surface area contributed by atoms with Crippen molar-refractivity contribution in [3.05, 3.63) is 0 Å². The highest BCUT2D eigenvalue weighted by Gasteiger charge is 2.22. The summed E-state index contributed by atoms with van der Waals surface area (Å²) in [5.41, 5.74) is 10.7. The van der Waals surface area contributed by atoms with Crippen LogP contribution in [-0.4, -0.2) is 40.6 Å². The molecule has 0 unspecified atom stereocenters. The number of hydrogen-bond acceptors (Lipinski definition) is 8. The molecule has 0 fully saturated rings. The quantitative estimate of drug-likeness (QED) is 0.329. The molecule has 0 aliphatic rings. The second kappa shape index (κ2) is 7.66. The molecule has 0 aromatic heterocycles. The number of esters is 2. The largest absolute Gasteiger partial charge is 0.391 e. The van der Waals surface area contributed by atoms with Gasteiger partial charge < -0.3 is 16.2 Å². The van der Waals surface area contributed by atoms with Gasteiger partial charge in [-0.2, -0.15) is 12.6 Å². The van der Waals surface area contributed by atoms with Gasteiger partial charge in [0, 0.05) is 18.4 Å². The third-order valence-corrected chi connectivity index (χ3v) is 2.80. The van der Waals surface area contributed by atoms with Gasteiger partial charge in [-0.05, 0) is 0 Å². The molecule has 8 heteroatoms. The van der Waals surface area contributed by atoms with Gasteiger partial charge in [0.2, 0.25) is 0 Å². The van der Waals surface area contributed by atoms with Crippen LogP contribution in [0.4, 0.5) is 0 Å². The molecule has 4 N–H and O–H groups in total. The van der Waals surface area contributed by atoms with Crippen LogP contribution in [0, 0.1) is 0 Å². The van der Waals surface area contributed by atoms with Crippen molar-refractivity contribution in [3.8, 4) is 0 Å². The summed E-state index contributed by atoms with van der Waals surface area (Å²) in [5, 5.41) is -0.165. The maximum absolute atomic E-state index is 11.2. The molecule has 0 rings (SSSR count). The van der Waals surface area contributed by atoms with Crippen LogP contribution >= 0.6 is 24.4 Å². The maximum Gasteiger partial charge on any atom is 0.331 e. The zero-order valence-electron chi connectivity index (χ0n) is 8.71. The summed E-state index contributed by atoms with van der Waals surface area (Å²) >= 11 is 4.67. The SMILES string of the molecule is CC(=O)SC[C@H](N)C(=O)OC(=O)[C@@H](N)CS. The third kappa shape index (κ3) is 6.11. The summed E-state index contributed by atoms with van der Waals surface area (Å²) in [4.78, 5) is 32.9. The highest BCUT2D eigenvalue weighted by molar-refractivity contribution is 8.13. The van der Waals surface area contributed by atoms with Crippen LogP contribution in [0.25, 0.3) is 0 Å². The van der Waals surface area contributed by atoms with E-state index in [1.165, 1.54) is 6.92 Å². The second-order valence-corrected chi connectivity index (χ2v) is 4.50. The Balaban J connectivity index is 4.05. The number of hydrogen-bond donors (Lipinski definition) is 3. The number of thioether (sulfide) groups is 1. The fourth-order valence-corrected chi connectivity index (χ4v) is 1.30. The number of ether oxygens (including phenoxy) is 1. The average Bonchev–Trinajstić information content (AvgIpc) is 2.24. The summed E-state index contributed by atoms with van der Waals surface area (Å²) in [6.45, 7) is 1.35. The molecule has 0 aromatic carbocycles. The van der Waals surface area contributed by atoms with E-state index in [1.807, 2.05) is 0 Å². The number of thiol groups is 1. The Bertz CT molecular complexity index is 285. The Labute approximate surface area is 103 Å². The van der Waals surface area contributed by atoms with Gasteiger partial charge in [-0.1, -0.05) is 11.8 Å². The van der Waals surface area contributed by atoms with E-state index in [0.717, 1.165) is 11.8 Å². The Morgan fingerprint density at radius 2 is 1.75 bits per heavy atom. The number of rotatable bonds is 5. The van der Waals surface area contributed by atoms with Crippen molar-refractivity contribution in [1.29, 1.82) is 0 Å². The lowest BCUT2D eigenvalue weighted by Gasteiger charge is -2.11. The van der Waals surface area contributed by atoms with Gasteiger partial charge in [-0.15, -0.1) is 0 Å². The standard InChI is InChI=1S/C8H14N2O4S2/c1-4(11)16-3-6(10)8(13)14-7(12)5(9)2-15/h5-6,15H,2-3,9-10H2,1H3/t5-,6-/m0/s1. The lowest BCUT2D eigenvalue weighted by Crippen LogP contribution is -2.41. The minimum Gasteiger partial charge on any atom is -0.391 e. The van der Waals surface area contributed by atoms with Gasteiger partial charge in [-0.25, -0.2) is 9.59 Å². The first-order chi connectivity index (χ1) is 7.38. The minimum absolute atomic E-state index is 0.0670. The van der Waals surface area contributed by atoms with E-state index in [0.29, 0.717) is 0 Å². The molecule has 0 spiro atoms. The zero-order valence-corrected chi connectivity index (χ0v) is 10.4. The first-order valence-corrected chi connectivity index (χ1v) is 6.01. The topological polar surface area (TPSA) is 112 Å². The highest BCUT2D eigenvalue weighted by atomic mass is 32.2. The molecule has 0 saturated heterocycles. The smallest absolute Gasteiger partial charge is 0.331 e. The Hall–Kier alpha value is -0.570. The predicted octanol–water partition coefficient (Wildman–Crippen LogP) is -1.08. The van der Waals surface area contributed by atoms with Gasteiger partial charge >= 0.3 is 11.9 Å². The summed E-state index contributed by atoms with van der Waals surface area (Å²) in [5.74, 6) is -1.62. The van der Waals surface area contributed by atoms with Crippen LogP contribution < -0.4 is 11.5 Å².